The summed E-state index contributed by atoms with van der Waals surface area (Å²) in [5, 5.41) is 4.72. The summed E-state index contributed by atoms with van der Waals surface area (Å²) in [7, 11) is -4.14. The first-order valence-corrected chi connectivity index (χ1v) is 5.85. The zero-order valence-electron chi connectivity index (χ0n) is 7.05. The minimum atomic E-state index is -4.61. The quantitative estimate of drug-likeness (QED) is 0.864. The molecule has 1 rings (SSSR count). The number of alkyl halides is 3. The van der Waals surface area contributed by atoms with Crippen molar-refractivity contribution in [3.05, 3.63) is 28.2 Å². The van der Waals surface area contributed by atoms with Gasteiger partial charge in [-0.3, -0.25) is 0 Å². The summed E-state index contributed by atoms with van der Waals surface area (Å²) in [4.78, 5) is -0.579. The lowest BCUT2D eigenvalue weighted by Crippen LogP contribution is -2.14. The summed E-state index contributed by atoms with van der Waals surface area (Å²) in [5.41, 5.74) is -1.07. The summed E-state index contributed by atoms with van der Waals surface area (Å²) < 4.78 is 58.5. The minimum absolute atomic E-state index is 0.00125. The lowest BCUT2D eigenvalue weighted by Gasteiger charge is -2.08. The lowest BCUT2D eigenvalue weighted by atomic mass is 10.2. The van der Waals surface area contributed by atoms with Crippen molar-refractivity contribution in [1.29, 1.82) is 0 Å². The molecule has 0 bridgehead atoms. The Morgan fingerprint density at radius 3 is 2.13 bits per heavy atom. The standard InChI is InChI=1S/C7H5BrF3NO2S/c8-5-1-4(7(9,10)11)2-6(3-5)15(12,13)14/h1-3H,(H2,12,13,14). The Morgan fingerprint density at radius 2 is 1.73 bits per heavy atom. The first-order valence-electron chi connectivity index (χ1n) is 3.51. The summed E-state index contributed by atoms with van der Waals surface area (Å²) in [6.45, 7) is 0. The van der Waals surface area contributed by atoms with Gasteiger partial charge in [0, 0.05) is 4.47 Å². The fourth-order valence-electron chi connectivity index (χ4n) is 0.891. The molecule has 0 aliphatic rings. The Labute approximate surface area is 92.3 Å². The Kier molecular flexibility index (Phi) is 3.13. The van der Waals surface area contributed by atoms with Crippen LogP contribution >= 0.6 is 15.9 Å². The van der Waals surface area contributed by atoms with E-state index in [-0.39, 0.29) is 4.47 Å². The summed E-state index contributed by atoms with van der Waals surface area (Å²) in [5.74, 6) is 0. The van der Waals surface area contributed by atoms with E-state index in [0.29, 0.717) is 6.07 Å². The maximum atomic E-state index is 12.3. The second kappa shape index (κ2) is 3.76. The zero-order valence-corrected chi connectivity index (χ0v) is 9.45. The molecule has 1 aromatic carbocycles. The highest BCUT2D eigenvalue weighted by molar-refractivity contribution is 9.10. The first kappa shape index (κ1) is 12.5. The summed E-state index contributed by atoms with van der Waals surface area (Å²) in [6.07, 6.45) is -4.61. The van der Waals surface area contributed by atoms with Crippen molar-refractivity contribution in [3.63, 3.8) is 0 Å². The highest BCUT2D eigenvalue weighted by Gasteiger charge is 2.31. The van der Waals surface area contributed by atoms with Crippen LogP contribution in [-0.2, 0) is 16.2 Å². The van der Waals surface area contributed by atoms with Gasteiger partial charge in [0.15, 0.2) is 0 Å². The molecule has 0 aliphatic carbocycles. The normalized spacial score (nSPS) is 12.9. The smallest absolute Gasteiger partial charge is 0.225 e. The fraction of sp³-hybridized carbons (Fsp3) is 0.143. The molecule has 0 radical (unpaired) electrons. The average Bonchev–Trinajstić information content (AvgIpc) is 1.99. The fourth-order valence-corrected chi connectivity index (χ4v) is 2.12. The van der Waals surface area contributed by atoms with Crippen LogP contribution in [0.25, 0.3) is 0 Å². The van der Waals surface area contributed by atoms with E-state index >= 15 is 0 Å². The molecular formula is C7H5BrF3NO2S. The van der Waals surface area contributed by atoms with Crippen LogP contribution in [0.15, 0.2) is 27.6 Å². The van der Waals surface area contributed by atoms with Gasteiger partial charge in [-0.05, 0) is 18.2 Å². The maximum absolute atomic E-state index is 12.3. The Morgan fingerprint density at radius 1 is 1.20 bits per heavy atom. The van der Waals surface area contributed by atoms with Crippen LogP contribution in [0.2, 0.25) is 0 Å². The molecule has 0 heterocycles. The van der Waals surface area contributed by atoms with E-state index < -0.39 is 26.7 Å². The van der Waals surface area contributed by atoms with Crippen LogP contribution in [0, 0.1) is 0 Å². The van der Waals surface area contributed by atoms with E-state index in [1.165, 1.54) is 0 Å². The van der Waals surface area contributed by atoms with Gasteiger partial charge in [-0.1, -0.05) is 15.9 Å². The van der Waals surface area contributed by atoms with E-state index in [4.69, 9.17) is 5.14 Å². The second-order valence-corrected chi connectivity index (χ2v) is 5.20. The topological polar surface area (TPSA) is 60.2 Å². The molecule has 0 aromatic heterocycles. The van der Waals surface area contributed by atoms with E-state index in [9.17, 15) is 21.6 Å². The van der Waals surface area contributed by atoms with Crippen LogP contribution < -0.4 is 5.14 Å². The predicted octanol–water partition coefficient (Wildman–Crippen LogP) is 2.12. The molecule has 2 N–H and O–H groups in total. The monoisotopic (exact) mass is 303 g/mol. The molecule has 0 amide bonds. The van der Waals surface area contributed by atoms with Crippen molar-refractivity contribution < 1.29 is 21.6 Å². The highest BCUT2D eigenvalue weighted by Crippen LogP contribution is 2.32. The van der Waals surface area contributed by atoms with E-state index in [2.05, 4.69) is 15.9 Å². The second-order valence-electron chi connectivity index (χ2n) is 2.72. The predicted molar refractivity (Wildman–Crippen MR) is 50.5 cm³/mol. The molecule has 84 valence electrons. The molecule has 0 unspecified atom stereocenters. The van der Waals surface area contributed by atoms with Gasteiger partial charge in [0.2, 0.25) is 10.0 Å². The Balaban J connectivity index is 3.43. The van der Waals surface area contributed by atoms with Gasteiger partial charge in [-0.15, -0.1) is 0 Å². The molecule has 0 aliphatic heterocycles. The SMILES string of the molecule is NS(=O)(=O)c1cc(Br)cc(C(F)(F)F)c1. The summed E-state index contributed by atoms with van der Waals surface area (Å²) in [6, 6.07) is 2.26. The van der Waals surface area contributed by atoms with Gasteiger partial charge in [-0.25, -0.2) is 13.6 Å². The van der Waals surface area contributed by atoms with Gasteiger partial charge >= 0.3 is 6.18 Å². The number of rotatable bonds is 1. The largest absolute Gasteiger partial charge is 0.416 e. The van der Waals surface area contributed by atoms with Crippen LogP contribution in [-0.4, -0.2) is 8.42 Å². The van der Waals surface area contributed by atoms with Gasteiger partial charge in [0.25, 0.3) is 0 Å². The average molecular weight is 304 g/mol. The third kappa shape index (κ3) is 3.18. The maximum Gasteiger partial charge on any atom is 0.416 e. The first-order chi connectivity index (χ1) is 6.60. The molecule has 0 saturated heterocycles. The minimum Gasteiger partial charge on any atom is -0.225 e. The molecule has 0 spiro atoms. The molecule has 0 fully saturated rings. The highest BCUT2D eigenvalue weighted by atomic mass is 79.9. The van der Waals surface area contributed by atoms with Crippen LogP contribution in [0.4, 0.5) is 13.2 Å². The molecule has 3 nitrogen and oxygen atoms in total. The number of sulfonamides is 1. The number of hydrogen-bond donors (Lipinski definition) is 1. The van der Waals surface area contributed by atoms with E-state index in [0.717, 1.165) is 12.1 Å². The lowest BCUT2D eigenvalue weighted by molar-refractivity contribution is -0.137. The van der Waals surface area contributed by atoms with Gasteiger partial charge in [-0.2, -0.15) is 13.2 Å². The van der Waals surface area contributed by atoms with Crippen molar-refractivity contribution in [3.8, 4) is 0 Å². The third-order valence-corrected chi connectivity index (χ3v) is 2.88. The molecule has 1 aromatic rings. The third-order valence-electron chi connectivity index (χ3n) is 1.53. The van der Waals surface area contributed by atoms with Gasteiger partial charge in [0.05, 0.1) is 10.5 Å². The zero-order chi connectivity index (χ0) is 11.9. The number of nitrogens with two attached hydrogens (primary N) is 1. The van der Waals surface area contributed by atoms with E-state index in [1.807, 2.05) is 0 Å². The van der Waals surface area contributed by atoms with Crippen molar-refractivity contribution >= 4 is 26.0 Å². The van der Waals surface area contributed by atoms with Crippen molar-refractivity contribution in [2.24, 2.45) is 5.14 Å². The van der Waals surface area contributed by atoms with Gasteiger partial charge in [0.1, 0.15) is 0 Å². The van der Waals surface area contributed by atoms with Crippen LogP contribution in [0.3, 0.4) is 0 Å². The molecule has 15 heavy (non-hydrogen) atoms. The number of halogens is 4. The van der Waals surface area contributed by atoms with Crippen molar-refractivity contribution in [1.82, 2.24) is 0 Å². The van der Waals surface area contributed by atoms with E-state index in [1.54, 1.807) is 0 Å². The molecular weight excluding hydrogens is 299 g/mol. The Bertz CT molecular complexity index is 483. The van der Waals surface area contributed by atoms with Crippen LogP contribution in [0.5, 0.6) is 0 Å². The Hall–Kier alpha value is -0.600. The number of hydrogen-bond acceptors (Lipinski definition) is 2. The van der Waals surface area contributed by atoms with Crippen molar-refractivity contribution in [2.75, 3.05) is 0 Å². The molecule has 0 atom stereocenters. The molecule has 0 saturated carbocycles. The van der Waals surface area contributed by atoms with Crippen LogP contribution in [0.1, 0.15) is 5.56 Å². The summed E-state index contributed by atoms with van der Waals surface area (Å²) >= 11 is 2.78. The number of primary sulfonamides is 1. The van der Waals surface area contributed by atoms with Crippen molar-refractivity contribution in [2.45, 2.75) is 11.1 Å². The molecule has 8 heteroatoms. The number of benzene rings is 1. The van der Waals surface area contributed by atoms with Gasteiger partial charge < -0.3 is 0 Å².